The van der Waals surface area contributed by atoms with Crippen LogP contribution < -0.4 is 14.8 Å². The summed E-state index contributed by atoms with van der Waals surface area (Å²) in [5, 5.41) is 3.31. The van der Waals surface area contributed by atoms with Crippen LogP contribution in [0.1, 0.15) is 24.8 Å². The van der Waals surface area contributed by atoms with E-state index >= 15 is 0 Å². The van der Waals surface area contributed by atoms with Crippen molar-refractivity contribution in [1.82, 2.24) is 10.2 Å². The lowest BCUT2D eigenvalue weighted by Crippen LogP contribution is -2.44. The average Bonchev–Trinajstić information content (AvgIpc) is 2.51. The molecule has 1 aliphatic heterocycles. The number of likely N-dealkylation sites (tertiary alicyclic amines) is 1. The van der Waals surface area contributed by atoms with Gasteiger partial charge in [0, 0.05) is 23.6 Å². The Labute approximate surface area is 135 Å². The molecule has 1 aromatic rings. The molecule has 4 nitrogen and oxygen atoms in total. The lowest BCUT2D eigenvalue weighted by atomic mass is 10.0. The maximum atomic E-state index is 5.42. The highest BCUT2D eigenvalue weighted by molar-refractivity contribution is 9.10. The second-order valence-electron chi connectivity index (χ2n) is 5.48. The van der Waals surface area contributed by atoms with Gasteiger partial charge in [-0.15, -0.1) is 0 Å². The SMILES string of the molecule is CNCC1CCCCN1Cc1cc(OC)c(OC)cc1Br. The Kier molecular flexibility index (Phi) is 6.33. The second-order valence-corrected chi connectivity index (χ2v) is 6.33. The van der Waals surface area contributed by atoms with Crippen molar-refractivity contribution >= 4 is 15.9 Å². The highest BCUT2D eigenvalue weighted by atomic mass is 79.9. The summed E-state index contributed by atoms with van der Waals surface area (Å²) in [6.45, 7) is 3.14. The fraction of sp³-hybridized carbons (Fsp3) is 0.625. The largest absolute Gasteiger partial charge is 0.493 e. The Morgan fingerprint density at radius 2 is 1.95 bits per heavy atom. The molecule has 5 heteroatoms. The summed E-state index contributed by atoms with van der Waals surface area (Å²) >= 11 is 3.66. The molecule has 0 aliphatic carbocycles. The van der Waals surface area contributed by atoms with E-state index in [1.165, 1.54) is 24.8 Å². The standard InChI is InChI=1S/C16H25BrN2O2/c1-18-10-13-6-4-5-7-19(13)11-12-8-15(20-2)16(21-3)9-14(12)17/h8-9,13,18H,4-7,10-11H2,1-3H3. The van der Waals surface area contributed by atoms with E-state index in [9.17, 15) is 0 Å². The molecule has 0 amide bonds. The summed E-state index contributed by atoms with van der Waals surface area (Å²) in [4.78, 5) is 2.56. The van der Waals surface area contributed by atoms with E-state index in [0.29, 0.717) is 6.04 Å². The molecule has 1 atom stereocenters. The summed E-state index contributed by atoms with van der Waals surface area (Å²) < 4.78 is 11.8. The molecule has 1 aliphatic rings. The first-order valence-electron chi connectivity index (χ1n) is 7.48. The number of nitrogens with zero attached hydrogens (tertiary/aromatic N) is 1. The Morgan fingerprint density at radius 3 is 2.62 bits per heavy atom. The molecule has 1 saturated heterocycles. The predicted octanol–water partition coefficient (Wildman–Crippen LogP) is 3.04. The number of likely N-dealkylation sites (N-methyl/N-ethyl adjacent to an activating group) is 1. The van der Waals surface area contributed by atoms with Crippen LogP contribution in [0.3, 0.4) is 0 Å². The molecular formula is C16H25BrN2O2. The normalized spacial score (nSPS) is 19.5. The minimum absolute atomic E-state index is 0.615. The lowest BCUT2D eigenvalue weighted by molar-refractivity contribution is 0.139. The molecule has 0 bridgehead atoms. The first-order chi connectivity index (χ1) is 10.2. The number of ether oxygens (including phenoxy) is 2. The first kappa shape index (κ1) is 16.6. The predicted molar refractivity (Wildman–Crippen MR) is 89.2 cm³/mol. The molecular weight excluding hydrogens is 332 g/mol. The van der Waals surface area contributed by atoms with E-state index in [1.54, 1.807) is 14.2 Å². The lowest BCUT2D eigenvalue weighted by Gasteiger charge is -2.36. The van der Waals surface area contributed by atoms with Gasteiger partial charge in [0.15, 0.2) is 11.5 Å². The van der Waals surface area contributed by atoms with Gasteiger partial charge in [-0.2, -0.15) is 0 Å². The number of methoxy groups -OCH3 is 2. The quantitative estimate of drug-likeness (QED) is 0.849. The second kappa shape index (κ2) is 8.01. The van der Waals surface area contributed by atoms with Crippen LogP contribution in [0.2, 0.25) is 0 Å². The molecule has 1 heterocycles. The van der Waals surface area contributed by atoms with Gasteiger partial charge in [0.2, 0.25) is 0 Å². The number of hydrogen-bond acceptors (Lipinski definition) is 4. The summed E-state index contributed by atoms with van der Waals surface area (Å²) in [6, 6.07) is 4.68. The highest BCUT2D eigenvalue weighted by Gasteiger charge is 2.23. The number of halogens is 1. The van der Waals surface area contributed by atoms with Crippen molar-refractivity contribution in [1.29, 1.82) is 0 Å². The van der Waals surface area contributed by atoms with Gasteiger partial charge in [-0.1, -0.05) is 22.4 Å². The molecule has 21 heavy (non-hydrogen) atoms. The van der Waals surface area contributed by atoms with E-state index in [4.69, 9.17) is 9.47 Å². The maximum absolute atomic E-state index is 5.42. The van der Waals surface area contributed by atoms with Crippen LogP contribution in [0.25, 0.3) is 0 Å². The Morgan fingerprint density at radius 1 is 1.24 bits per heavy atom. The molecule has 1 unspecified atom stereocenters. The molecule has 0 radical (unpaired) electrons. The van der Waals surface area contributed by atoms with Gasteiger partial charge >= 0.3 is 0 Å². The molecule has 1 N–H and O–H groups in total. The van der Waals surface area contributed by atoms with E-state index in [1.807, 2.05) is 13.1 Å². The fourth-order valence-corrected chi connectivity index (χ4v) is 3.42. The van der Waals surface area contributed by atoms with Gasteiger partial charge in [-0.25, -0.2) is 0 Å². The van der Waals surface area contributed by atoms with Crippen molar-refractivity contribution in [2.45, 2.75) is 31.8 Å². The fourth-order valence-electron chi connectivity index (χ4n) is 2.97. The van der Waals surface area contributed by atoms with Crippen LogP contribution in [-0.4, -0.2) is 45.3 Å². The van der Waals surface area contributed by atoms with E-state index in [2.05, 4.69) is 32.2 Å². The summed E-state index contributed by atoms with van der Waals surface area (Å²) in [7, 11) is 5.37. The molecule has 118 valence electrons. The van der Waals surface area contributed by atoms with Gasteiger partial charge < -0.3 is 14.8 Å². The third-order valence-corrected chi connectivity index (χ3v) is 4.85. The monoisotopic (exact) mass is 356 g/mol. The van der Waals surface area contributed by atoms with Gasteiger partial charge in [-0.3, -0.25) is 4.90 Å². The van der Waals surface area contributed by atoms with Crippen molar-refractivity contribution < 1.29 is 9.47 Å². The van der Waals surface area contributed by atoms with Crippen molar-refractivity contribution in [2.75, 3.05) is 34.4 Å². The maximum Gasteiger partial charge on any atom is 0.161 e. The van der Waals surface area contributed by atoms with Gasteiger partial charge in [-0.05, 0) is 44.1 Å². The molecule has 2 rings (SSSR count). The van der Waals surface area contributed by atoms with E-state index in [0.717, 1.165) is 35.6 Å². The first-order valence-corrected chi connectivity index (χ1v) is 8.28. The van der Waals surface area contributed by atoms with Crippen LogP contribution in [-0.2, 0) is 6.54 Å². The topological polar surface area (TPSA) is 33.7 Å². The zero-order chi connectivity index (χ0) is 15.2. The average molecular weight is 357 g/mol. The number of benzene rings is 1. The zero-order valence-electron chi connectivity index (χ0n) is 13.1. The third-order valence-electron chi connectivity index (χ3n) is 4.11. The zero-order valence-corrected chi connectivity index (χ0v) is 14.7. The van der Waals surface area contributed by atoms with Gasteiger partial charge in [0.05, 0.1) is 14.2 Å². The van der Waals surface area contributed by atoms with Crippen molar-refractivity contribution in [2.24, 2.45) is 0 Å². The van der Waals surface area contributed by atoms with Crippen molar-refractivity contribution in [3.8, 4) is 11.5 Å². The Balaban J connectivity index is 2.17. The summed E-state index contributed by atoms with van der Waals surface area (Å²) in [5.74, 6) is 1.55. The van der Waals surface area contributed by atoms with Crippen LogP contribution in [0, 0.1) is 0 Å². The number of piperidine rings is 1. The molecule has 0 aromatic heterocycles. The minimum Gasteiger partial charge on any atom is -0.493 e. The van der Waals surface area contributed by atoms with Crippen LogP contribution in [0.15, 0.2) is 16.6 Å². The Hall–Kier alpha value is -0.780. The van der Waals surface area contributed by atoms with Gasteiger partial charge in [0.1, 0.15) is 0 Å². The van der Waals surface area contributed by atoms with E-state index in [-0.39, 0.29) is 0 Å². The van der Waals surface area contributed by atoms with Gasteiger partial charge in [0.25, 0.3) is 0 Å². The van der Waals surface area contributed by atoms with Crippen molar-refractivity contribution in [3.05, 3.63) is 22.2 Å². The van der Waals surface area contributed by atoms with E-state index < -0.39 is 0 Å². The molecule has 0 spiro atoms. The smallest absolute Gasteiger partial charge is 0.161 e. The highest BCUT2D eigenvalue weighted by Crippen LogP contribution is 2.34. The minimum atomic E-state index is 0.615. The number of rotatable bonds is 6. The summed E-state index contributed by atoms with van der Waals surface area (Å²) in [5.41, 5.74) is 1.25. The number of hydrogen-bond donors (Lipinski definition) is 1. The Bertz CT molecular complexity index is 466. The van der Waals surface area contributed by atoms with Crippen molar-refractivity contribution in [3.63, 3.8) is 0 Å². The van der Waals surface area contributed by atoms with Crippen LogP contribution in [0.4, 0.5) is 0 Å². The van der Waals surface area contributed by atoms with Crippen LogP contribution in [0.5, 0.6) is 11.5 Å². The summed E-state index contributed by atoms with van der Waals surface area (Å²) in [6.07, 6.45) is 3.88. The van der Waals surface area contributed by atoms with Crippen LogP contribution >= 0.6 is 15.9 Å². The molecule has 0 saturated carbocycles. The third kappa shape index (κ3) is 4.11. The number of nitrogens with one attached hydrogen (secondary N) is 1. The molecule has 1 fully saturated rings. The molecule has 1 aromatic carbocycles.